The highest BCUT2D eigenvalue weighted by molar-refractivity contribution is 5.99. The Bertz CT molecular complexity index is 1150. The zero-order valence-corrected chi connectivity index (χ0v) is 17.4. The van der Waals surface area contributed by atoms with E-state index < -0.39 is 0 Å². The number of amides is 1. The van der Waals surface area contributed by atoms with Gasteiger partial charge in [0.25, 0.3) is 5.91 Å². The number of hydrogen-bond donors (Lipinski definition) is 2. The molecule has 1 aromatic heterocycles. The van der Waals surface area contributed by atoms with Crippen LogP contribution in [0.3, 0.4) is 0 Å². The van der Waals surface area contributed by atoms with E-state index in [2.05, 4.69) is 15.8 Å². The number of pyridine rings is 1. The van der Waals surface area contributed by atoms with Crippen molar-refractivity contribution in [1.82, 2.24) is 10.5 Å². The fourth-order valence-corrected chi connectivity index (χ4v) is 3.10. The highest BCUT2D eigenvalue weighted by Gasteiger charge is 2.11. The molecule has 32 heavy (non-hydrogen) atoms. The minimum Gasteiger partial charge on any atom is -0.457 e. The average molecular weight is 425 g/mol. The number of benzene rings is 3. The number of anilines is 1. The van der Waals surface area contributed by atoms with Crippen LogP contribution in [0.1, 0.15) is 21.5 Å². The van der Waals surface area contributed by atoms with Crippen molar-refractivity contribution in [3.8, 4) is 11.5 Å². The van der Waals surface area contributed by atoms with E-state index in [1.54, 1.807) is 18.5 Å². The molecule has 0 unspecified atom stereocenters. The Morgan fingerprint density at radius 3 is 2.38 bits per heavy atom. The molecule has 0 aliphatic rings. The Morgan fingerprint density at radius 2 is 1.53 bits per heavy atom. The van der Waals surface area contributed by atoms with E-state index in [1.807, 2.05) is 84.9 Å². The largest absolute Gasteiger partial charge is 0.457 e. The summed E-state index contributed by atoms with van der Waals surface area (Å²) in [7, 11) is 0. The topological polar surface area (TPSA) is 72.5 Å². The van der Waals surface area contributed by atoms with Gasteiger partial charge in [0, 0.05) is 24.6 Å². The van der Waals surface area contributed by atoms with Crippen molar-refractivity contribution in [3.63, 3.8) is 0 Å². The summed E-state index contributed by atoms with van der Waals surface area (Å²) in [5.74, 6) is 1.14. The Hall–Kier alpha value is -4.16. The van der Waals surface area contributed by atoms with Gasteiger partial charge in [-0.2, -0.15) is 0 Å². The van der Waals surface area contributed by atoms with Crippen LogP contribution in [-0.2, 0) is 18.0 Å². The first-order valence-electron chi connectivity index (χ1n) is 10.2. The molecule has 4 aromatic rings. The van der Waals surface area contributed by atoms with E-state index in [0.29, 0.717) is 17.9 Å². The van der Waals surface area contributed by atoms with Gasteiger partial charge in [0.15, 0.2) is 0 Å². The molecule has 0 atom stereocenters. The summed E-state index contributed by atoms with van der Waals surface area (Å²) in [5, 5.41) is 3.29. The number of carbonyl (C=O) groups is 1. The Balaban J connectivity index is 1.32. The molecule has 0 saturated heterocycles. The van der Waals surface area contributed by atoms with Crippen LogP contribution in [0, 0.1) is 0 Å². The smallest absolute Gasteiger partial charge is 0.276 e. The summed E-state index contributed by atoms with van der Waals surface area (Å²) < 4.78 is 5.84. The van der Waals surface area contributed by atoms with Gasteiger partial charge in [0.05, 0.1) is 12.2 Å². The Morgan fingerprint density at radius 1 is 0.781 bits per heavy atom. The third-order valence-electron chi connectivity index (χ3n) is 4.69. The minimum absolute atomic E-state index is 0.213. The Labute approximate surface area is 186 Å². The quantitative estimate of drug-likeness (QED) is 0.354. The van der Waals surface area contributed by atoms with Crippen molar-refractivity contribution < 1.29 is 14.4 Å². The molecule has 6 heteroatoms. The molecule has 6 nitrogen and oxygen atoms in total. The van der Waals surface area contributed by atoms with Crippen LogP contribution in [0.5, 0.6) is 11.5 Å². The first-order chi connectivity index (χ1) is 15.8. The molecule has 0 saturated carbocycles. The SMILES string of the molecule is O=C(NOCc1cccc(Oc2ccccc2)c1)c1ccccc1NCc1ccncc1. The molecule has 0 aliphatic carbocycles. The van der Waals surface area contributed by atoms with Crippen molar-refractivity contribution >= 4 is 11.6 Å². The molecule has 0 aliphatic heterocycles. The van der Waals surface area contributed by atoms with E-state index in [-0.39, 0.29) is 12.5 Å². The molecule has 3 aromatic carbocycles. The van der Waals surface area contributed by atoms with Crippen molar-refractivity contribution in [2.75, 3.05) is 5.32 Å². The lowest BCUT2D eigenvalue weighted by Crippen LogP contribution is -2.24. The highest BCUT2D eigenvalue weighted by Crippen LogP contribution is 2.22. The number of para-hydroxylation sites is 2. The van der Waals surface area contributed by atoms with Crippen LogP contribution in [0.25, 0.3) is 0 Å². The maximum Gasteiger partial charge on any atom is 0.276 e. The van der Waals surface area contributed by atoms with Gasteiger partial charge in [-0.15, -0.1) is 0 Å². The number of hydroxylamine groups is 1. The van der Waals surface area contributed by atoms with E-state index in [1.165, 1.54) is 0 Å². The number of rotatable bonds is 9. The number of nitrogens with one attached hydrogen (secondary N) is 2. The van der Waals surface area contributed by atoms with Crippen molar-refractivity contribution in [2.45, 2.75) is 13.2 Å². The van der Waals surface area contributed by atoms with Gasteiger partial charge in [0.2, 0.25) is 0 Å². The predicted molar refractivity (Wildman–Crippen MR) is 123 cm³/mol. The van der Waals surface area contributed by atoms with Crippen LogP contribution in [0.4, 0.5) is 5.69 Å². The first-order valence-corrected chi connectivity index (χ1v) is 10.2. The van der Waals surface area contributed by atoms with Crippen LogP contribution < -0.4 is 15.5 Å². The van der Waals surface area contributed by atoms with Crippen LogP contribution in [0.15, 0.2) is 103 Å². The van der Waals surface area contributed by atoms with Gasteiger partial charge < -0.3 is 10.1 Å². The third kappa shape index (κ3) is 5.93. The van der Waals surface area contributed by atoms with Crippen molar-refractivity contribution in [2.24, 2.45) is 0 Å². The number of hydrogen-bond acceptors (Lipinski definition) is 5. The standard InChI is InChI=1S/C26H23N3O3/c30-26(24-11-4-5-12-25(24)28-18-20-13-15-27-16-14-20)29-31-19-21-7-6-10-23(17-21)32-22-8-2-1-3-9-22/h1-17,28H,18-19H2,(H,29,30). The van der Waals surface area contributed by atoms with E-state index in [4.69, 9.17) is 9.57 Å². The molecule has 2 N–H and O–H groups in total. The van der Waals surface area contributed by atoms with E-state index in [9.17, 15) is 4.79 Å². The monoisotopic (exact) mass is 425 g/mol. The molecule has 0 radical (unpaired) electrons. The number of nitrogens with zero attached hydrogens (tertiary/aromatic N) is 1. The zero-order valence-electron chi connectivity index (χ0n) is 17.4. The van der Waals surface area contributed by atoms with E-state index in [0.717, 1.165) is 22.6 Å². The molecule has 0 fully saturated rings. The molecule has 0 bridgehead atoms. The van der Waals surface area contributed by atoms with Crippen LogP contribution >= 0.6 is 0 Å². The summed E-state index contributed by atoms with van der Waals surface area (Å²) in [6.45, 7) is 0.798. The highest BCUT2D eigenvalue weighted by atomic mass is 16.6. The van der Waals surface area contributed by atoms with Crippen molar-refractivity contribution in [1.29, 1.82) is 0 Å². The summed E-state index contributed by atoms with van der Waals surface area (Å²) in [4.78, 5) is 22.1. The maximum atomic E-state index is 12.7. The second-order valence-corrected chi connectivity index (χ2v) is 7.04. The third-order valence-corrected chi connectivity index (χ3v) is 4.69. The predicted octanol–water partition coefficient (Wildman–Crippen LogP) is 5.35. The molecule has 160 valence electrons. The summed E-state index contributed by atoms with van der Waals surface area (Å²) >= 11 is 0. The maximum absolute atomic E-state index is 12.7. The normalized spacial score (nSPS) is 10.4. The molecule has 1 amide bonds. The average Bonchev–Trinajstić information content (AvgIpc) is 2.84. The summed E-state index contributed by atoms with van der Waals surface area (Å²) in [6.07, 6.45) is 3.48. The van der Waals surface area contributed by atoms with Gasteiger partial charge in [0.1, 0.15) is 11.5 Å². The van der Waals surface area contributed by atoms with Gasteiger partial charge in [-0.3, -0.25) is 14.6 Å². The lowest BCUT2D eigenvalue weighted by Gasteiger charge is -2.12. The van der Waals surface area contributed by atoms with Gasteiger partial charge in [-0.1, -0.05) is 42.5 Å². The lowest BCUT2D eigenvalue weighted by atomic mass is 10.1. The van der Waals surface area contributed by atoms with Crippen molar-refractivity contribution in [3.05, 3.63) is 120 Å². The Kier molecular flexibility index (Phi) is 7.08. The van der Waals surface area contributed by atoms with Crippen LogP contribution in [-0.4, -0.2) is 10.9 Å². The zero-order chi connectivity index (χ0) is 22.0. The lowest BCUT2D eigenvalue weighted by molar-refractivity contribution is 0.0234. The minimum atomic E-state index is -0.320. The molecular formula is C26H23N3O3. The second-order valence-electron chi connectivity index (χ2n) is 7.04. The number of carbonyl (C=O) groups excluding carboxylic acids is 1. The number of ether oxygens (including phenoxy) is 1. The molecule has 1 heterocycles. The molecular weight excluding hydrogens is 402 g/mol. The fourth-order valence-electron chi connectivity index (χ4n) is 3.10. The van der Waals surface area contributed by atoms with Gasteiger partial charge >= 0.3 is 0 Å². The fraction of sp³-hybridized carbons (Fsp3) is 0.0769. The van der Waals surface area contributed by atoms with Gasteiger partial charge in [-0.25, -0.2) is 5.48 Å². The van der Waals surface area contributed by atoms with E-state index >= 15 is 0 Å². The van der Waals surface area contributed by atoms with Crippen LogP contribution in [0.2, 0.25) is 0 Å². The van der Waals surface area contributed by atoms with Gasteiger partial charge in [-0.05, 0) is 59.7 Å². The molecule has 0 spiro atoms. The summed E-state index contributed by atoms with van der Waals surface area (Å²) in [6, 6.07) is 28.3. The first kappa shape index (κ1) is 21.1. The second kappa shape index (κ2) is 10.7. The molecule has 4 rings (SSSR count). The number of aromatic nitrogens is 1. The summed E-state index contributed by atoms with van der Waals surface area (Å²) in [5.41, 5.74) is 5.70.